The lowest BCUT2D eigenvalue weighted by Gasteiger charge is -2.37. The second kappa shape index (κ2) is 6.58. The number of amides is 1. The fourth-order valence-electron chi connectivity index (χ4n) is 3.54. The van der Waals surface area contributed by atoms with Crippen LogP contribution in [0.4, 0.5) is 4.79 Å². The summed E-state index contributed by atoms with van der Waals surface area (Å²) < 4.78 is 10.7. The summed E-state index contributed by atoms with van der Waals surface area (Å²) in [5.41, 5.74) is 0.905. The van der Waals surface area contributed by atoms with Crippen LogP contribution in [0.5, 0.6) is 0 Å². The van der Waals surface area contributed by atoms with E-state index in [-0.39, 0.29) is 30.8 Å². The highest BCUT2D eigenvalue weighted by Crippen LogP contribution is 2.38. The molecule has 2 saturated heterocycles. The number of nitrogens with zero attached hydrogens (tertiary/aromatic N) is 1. The summed E-state index contributed by atoms with van der Waals surface area (Å²) in [6.07, 6.45) is 0.254. The molecular weight excluding hydrogens is 298 g/mol. The van der Waals surface area contributed by atoms with Crippen molar-refractivity contribution in [2.75, 3.05) is 0 Å². The highest BCUT2D eigenvalue weighted by molar-refractivity contribution is 5.70. The normalized spacial score (nSPS) is 29.2. The van der Waals surface area contributed by atoms with Gasteiger partial charge >= 0.3 is 12.1 Å². The van der Waals surface area contributed by atoms with Gasteiger partial charge in [-0.05, 0) is 18.4 Å². The van der Waals surface area contributed by atoms with Crippen molar-refractivity contribution >= 4 is 12.1 Å². The topological polar surface area (TPSA) is 76.1 Å². The van der Waals surface area contributed by atoms with Crippen molar-refractivity contribution in [2.24, 2.45) is 0 Å². The summed E-state index contributed by atoms with van der Waals surface area (Å²) in [6.45, 7) is 1.54. The van der Waals surface area contributed by atoms with Gasteiger partial charge in [0.05, 0.1) is 18.2 Å². The molecule has 1 amide bonds. The van der Waals surface area contributed by atoms with Crippen molar-refractivity contribution in [3.8, 4) is 0 Å². The molecule has 1 aromatic rings. The van der Waals surface area contributed by atoms with E-state index in [1.807, 2.05) is 30.3 Å². The van der Waals surface area contributed by atoms with E-state index >= 15 is 0 Å². The van der Waals surface area contributed by atoms with Gasteiger partial charge in [0.1, 0.15) is 12.7 Å². The minimum atomic E-state index is -0.601. The number of benzene rings is 1. The molecule has 2 bridgehead atoms. The van der Waals surface area contributed by atoms with Gasteiger partial charge in [0.15, 0.2) is 0 Å². The standard InChI is InChI=1S/C17H21NO5/c1-11(19)23-16-9-14-15(20)8-7-13(16)18(14)17(21)22-10-12-5-3-2-4-6-12/h2-6,13-16,20H,7-10H2,1H3/t13-,14?,15?,16?/m0/s1. The number of fused-ring (bicyclic) bond motifs is 2. The Labute approximate surface area is 135 Å². The van der Waals surface area contributed by atoms with Crippen LogP contribution in [0.15, 0.2) is 30.3 Å². The number of hydrogen-bond acceptors (Lipinski definition) is 5. The fourth-order valence-corrected chi connectivity index (χ4v) is 3.54. The molecule has 6 heteroatoms. The molecule has 2 fully saturated rings. The van der Waals surface area contributed by atoms with Crippen LogP contribution in [-0.2, 0) is 20.9 Å². The Morgan fingerprint density at radius 2 is 1.96 bits per heavy atom. The zero-order chi connectivity index (χ0) is 16.4. The minimum absolute atomic E-state index is 0.184. The number of piperidine rings is 1. The van der Waals surface area contributed by atoms with Crippen LogP contribution in [0.25, 0.3) is 0 Å². The van der Waals surface area contributed by atoms with Crippen LogP contribution >= 0.6 is 0 Å². The number of ether oxygens (including phenoxy) is 2. The molecule has 2 aliphatic heterocycles. The first kappa shape index (κ1) is 15.8. The zero-order valence-electron chi connectivity index (χ0n) is 13.1. The van der Waals surface area contributed by atoms with Crippen LogP contribution in [0.1, 0.15) is 31.7 Å². The highest BCUT2D eigenvalue weighted by Gasteiger charge is 2.51. The van der Waals surface area contributed by atoms with E-state index in [0.29, 0.717) is 19.3 Å². The Morgan fingerprint density at radius 3 is 2.65 bits per heavy atom. The monoisotopic (exact) mass is 319 g/mol. The van der Waals surface area contributed by atoms with E-state index < -0.39 is 12.2 Å². The van der Waals surface area contributed by atoms with E-state index in [2.05, 4.69) is 0 Å². The molecule has 3 unspecified atom stereocenters. The van der Waals surface area contributed by atoms with Crippen LogP contribution in [0.3, 0.4) is 0 Å². The maximum absolute atomic E-state index is 12.5. The van der Waals surface area contributed by atoms with Crippen molar-refractivity contribution in [3.63, 3.8) is 0 Å². The molecule has 3 rings (SSSR count). The number of esters is 1. The lowest BCUT2D eigenvalue weighted by molar-refractivity contribution is -0.147. The molecule has 0 aliphatic carbocycles. The maximum atomic E-state index is 12.5. The first-order chi connectivity index (χ1) is 11.1. The van der Waals surface area contributed by atoms with Gasteiger partial charge in [-0.3, -0.25) is 9.69 Å². The third-order valence-electron chi connectivity index (χ3n) is 4.55. The largest absolute Gasteiger partial charge is 0.460 e. The highest BCUT2D eigenvalue weighted by atomic mass is 16.6. The maximum Gasteiger partial charge on any atom is 0.410 e. The average molecular weight is 319 g/mol. The second-order valence-corrected chi connectivity index (χ2v) is 6.11. The molecule has 1 N–H and O–H groups in total. The predicted octanol–water partition coefficient (Wildman–Crippen LogP) is 1.85. The molecule has 6 nitrogen and oxygen atoms in total. The van der Waals surface area contributed by atoms with Gasteiger partial charge in [0.2, 0.25) is 0 Å². The number of carbonyl (C=O) groups excluding carboxylic acids is 2. The Kier molecular flexibility index (Phi) is 4.52. The minimum Gasteiger partial charge on any atom is -0.460 e. The number of hydrogen-bond donors (Lipinski definition) is 1. The van der Waals surface area contributed by atoms with Crippen molar-refractivity contribution in [1.29, 1.82) is 0 Å². The third-order valence-corrected chi connectivity index (χ3v) is 4.55. The lowest BCUT2D eigenvalue weighted by Crippen LogP contribution is -2.51. The number of aliphatic hydroxyl groups excluding tert-OH is 1. The molecular formula is C17H21NO5. The van der Waals surface area contributed by atoms with E-state index in [1.54, 1.807) is 4.90 Å². The van der Waals surface area contributed by atoms with Crippen molar-refractivity contribution < 1.29 is 24.2 Å². The van der Waals surface area contributed by atoms with Gasteiger partial charge in [-0.2, -0.15) is 0 Å². The Morgan fingerprint density at radius 1 is 1.22 bits per heavy atom. The van der Waals surface area contributed by atoms with Gasteiger partial charge in [-0.25, -0.2) is 4.79 Å². The zero-order valence-corrected chi connectivity index (χ0v) is 13.1. The van der Waals surface area contributed by atoms with Crippen molar-refractivity contribution in [3.05, 3.63) is 35.9 Å². The first-order valence-corrected chi connectivity index (χ1v) is 7.90. The van der Waals surface area contributed by atoms with Crippen LogP contribution < -0.4 is 0 Å². The molecule has 0 radical (unpaired) electrons. The number of rotatable bonds is 3. The van der Waals surface area contributed by atoms with Crippen LogP contribution in [0.2, 0.25) is 0 Å². The summed E-state index contributed by atoms with van der Waals surface area (Å²) >= 11 is 0. The van der Waals surface area contributed by atoms with Gasteiger partial charge in [-0.1, -0.05) is 30.3 Å². The molecule has 2 aliphatic rings. The molecule has 0 aromatic heterocycles. The average Bonchev–Trinajstić information content (AvgIpc) is 2.81. The van der Waals surface area contributed by atoms with E-state index in [4.69, 9.17) is 9.47 Å². The molecule has 1 aromatic carbocycles. The van der Waals surface area contributed by atoms with E-state index in [9.17, 15) is 14.7 Å². The molecule has 0 saturated carbocycles. The summed E-state index contributed by atoms with van der Waals surface area (Å²) in [4.78, 5) is 25.3. The van der Waals surface area contributed by atoms with Gasteiger partial charge in [0, 0.05) is 13.3 Å². The summed E-state index contributed by atoms with van der Waals surface area (Å²) in [5, 5.41) is 10.2. The smallest absolute Gasteiger partial charge is 0.410 e. The van der Waals surface area contributed by atoms with Gasteiger partial charge in [-0.15, -0.1) is 0 Å². The SMILES string of the molecule is CC(=O)OC1CC2C(O)CC[C@@H]1N2C(=O)OCc1ccccc1. The Bertz CT molecular complexity index is 576. The van der Waals surface area contributed by atoms with E-state index in [0.717, 1.165) is 5.56 Å². The lowest BCUT2D eigenvalue weighted by atomic mass is 10.0. The van der Waals surface area contributed by atoms with Gasteiger partial charge in [0.25, 0.3) is 0 Å². The fraction of sp³-hybridized carbons (Fsp3) is 0.529. The van der Waals surface area contributed by atoms with Crippen molar-refractivity contribution in [1.82, 2.24) is 4.90 Å². The predicted molar refractivity (Wildman–Crippen MR) is 81.5 cm³/mol. The third kappa shape index (κ3) is 3.32. The molecule has 2 heterocycles. The summed E-state index contributed by atoms with van der Waals surface area (Å²) in [5.74, 6) is -0.366. The van der Waals surface area contributed by atoms with E-state index in [1.165, 1.54) is 6.92 Å². The van der Waals surface area contributed by atoms with Crippen LogP contribution in [0, 0.1) is 0 Å². The molecule has 124 valence electrons. The number of aliphatic hydroxyl groups is 1. The Balaban J connectivity index is 1.67. The molecule has 4 atom stereocenters. The number of carbonyl (C=O) groups is 2. The Hall–Kier alpha value is -2.08. The summed E-state index contributed by atoms with van der Waals surface area (Å²) in [6, 6.07) is 8.87. The molecule has 23 heavy (non-hydrogen) atoms. The quantitative estimate of drug-likeness (QED) is 0.861. The van der Waals surface area contributed by atoms with Crippen molar-refractivity contribution in [2.45, 2.75) is 57.1 Å². The first-order valence-electron chi connectivity index (χ1n) is 7.90. The van der Waals surface area contributed by atoms with Gasteiger partial charge < -0.3 is 14.6 Å². The summed E-state index contributed by atoms with van der Waals surface area (Å²) in [7, 11) is 0. The molecule has 0 spiro atoms. The van der Waals surface area contributed by atoms with Crippen LogP contribution in [-0.4, -0.2) is 46.4 Å². The second-order valence-electron chi connectivity index (χ2n) is 6.11.